The number of thiophene rings is 2. The quantitative estimate of drug-likeness (QED) is 0.160. The Bertz CT molecular complexity index is 3430. The van der Waals surface area contributed by atoms with Crippen molar-refractivity contribution in [1.29, 1.82) is 0 Å². The first-order valence-electron chi connectivity index (χ1n) is 18.5. The van der Waals surface area contributed by atoms with Crippen molar-refractivity contribution in [2.24, 2.45) is 0 Å². The van der Waals surface area contributed by atoms with Gasteiger partial charge in [0.05, 0.1) is 0 Å². The van der Waals surface area contributed by atoms with E-state index in [4.69, 9.17) is 0 Å². The molecule has 0 nitrogen and oxygen atoms in total. The van der Waals surface area contributed by atoms with Crippen molar-refractivity contribution in [3.63, 3.8) is 0 Å². The Labute approximate surface area is 319 Å². The largest absolute Gasteiger partial charge is 0.134 e. The summed E-state index contributed by atoms with van der Waals surface area (Å²) >= 11 is 3.87. The van der Waals surface area contributed by atoms with E-state index in [0.29, 0.717) is 0 Å². The molecule has 12 aromatic rings. The maximum absolute atomic E-state index is 2.48. The van der Waals surface area contributed by atoms with Crippen LogP contribution in [-0.4, -0.2) is 0 Å². The Balaban J connectivity index is 1.11. The Morgan fingerprint density at radius 3 is 1.43 bits per heavy atom. The summed E-state index contributed by atoms with van der Waals surface area (Å²) in [7, 11) is 0. The van der Waals surface area contributed by atoms with Gasteiger partial charge in [-0.05, 0) is 101 Å². The molecule has 0 bridgehead atoms. The summed E-state index contributed by atoms with van der Waals surface area (Å²) in [6.45, 7) is 0. The molecule has 2 heterocycles. The zero-order valence-corrected chi connectivity index (χ0v) is 30.8. The lowest BCUT2D eigenvalue weighted by molar-refractivity contribution is 1.64. The number of hydrogen-bond donors (Lipinski definition) is 0. The first-order valence-corrected chi connectivity index (χ1v) is 20.1. The third-order valence-electron chi connectivity index (χ3n) is 11.4. The van der Waals surface area contributed by atoms with Crippen LogP contribution in [0, 0.1) is 0 Å². The molecule has 0 atom stereocenters. The highest BCUT2D eigenvalue weighted by Gasteiger charge is 2.21. The third-order valence-corrected chi connectivity index (χ3v) is 13.8. The number of benzene rings is 10. The van der Waals surface area contributed by atoms with Crippen molar-refractivity contribution in [1.82, 2.24) is 0 Å². The highest BCUT2D eigenvalue weighted by atomic mass is 32.1. The van der Waals surface area contributed by atoms with E-state index in [1.807, 2.05) is 22.7 Å². The molecule has 0 amide bonds. The van der Waals surface area contributed by atoms with E-state index in [2.05, 4.69) is 182 Å². The van der Waals surface area contributed by atoms with Gasteiger partial charge in [-0.3, -0.25) is 0 Å². The van der Waals surface area contributed by atoms with Crippen molar-refractivity contribution in [3.8, 4) is 33.4 Å². The second-order valence-corrected chi connectivity index (χ2v) is 16.5. The molecule has 0 aliphatic carbocycles. The molecule has 0 N–H and O–H groups in total. The lowest BCUT2D eigenvalue weighted by Crippen LogP contribution is -1.91. The molecule has 250 valence electrons. The number of fused-ring (bicyclic) bond motifs is 13. The van der Waals surface area contributed by atoms with Crippen LogP contribution in [0.3, 0.4) is 0 Å². The Hall–Kier alpha value is -6.32. The van der Waals surface area contributed by atoms with Crippen molar-refractivity contribution >= 4 is 106 Å². The standard InChI is InChI=1S/C52H30S2/c1-2-12-31(13-3-1)32-22-23-34-29-35(25-24-33(34)28-32)47-37-14-4-6-16-39(37)48(40-17-7-5-15-38(40)47)36-26-27-46-44(30-36)49-41-18-8-9-19-42(41)51-50(52(49)54-46)43-20-10-11-21-45(43)53-51/h1-30H. The Morgan fingerprint density at radius 2 is 0.741 bits per heavy atom. The van der Waals surface area contributed by atoms with Crippen molar-refractivity contribution in [2.75, 3.05) is 0 Å². The predicted molar refractivity (Wildman–Crippen MR) is 239 cm³/mol. The molecule has 0 unspecified atom stereocenters. The van der Waals surface area contributed by atoms with E-state index < -0.39 is 0 Å². The Kier molecular flexibility index (Phi) is 6.48. The smallest absolute Gasteiger partial charge is 0.0455 e. The van der Waals surface area contributed by atoms with Crippen LogP contribution >= 0.6 is 22.7 Å². The lowest BCUT2D eigenvalue weighted by atomic mass is 9.85. The molecule has 54 heavy (non-hydrogen) atoms. The van der Waals surface area contributed by atoms with Gasteiger partial charge in [-0.25, -0.2) is 0 Å². The molecule has 12 rings (SSSR count). The fourth-order valence-corrected chi connectivity index (χ4v) is 11.6. The van der Waals surface area contributed by atoms with E-state index in [0.717, 1.165) is 0 Å². The molecule has 0 radical (unpaired) electrons. The van der Waals surface area contributed by atoms with Crippen molar-refractivity contribution in [2.45, 2.75) is 0 Å². The molecular weight excluding hydrogens is 689 g/mol. The van der Waals surface area contributed by atoms with Gasteiger partial charge in [0, 0.05) is 45.7 Å². The molecule has 0 saturated carbocycles. The van der Waals surface area contributed by atoms with Crippen LogP contribution in [0.1, 0.15) is 0 Å². The normalized spacial score (nSPS) is 12.1. The van der Waals surface area contributed by atoms with Gasteiger partial charge in [-0.1, -0.05) is 152 Å². The fourth-order valence-electron chi connectivity index (χ4n) is 9.02. The molecule has 0 spiro atoms. The highest BCUT2D eigenvalue weighted by Crippen LogP contribution is 2.51. The van der Waals surface area contributed by atoms with Crippen LogP contribution in [-0.2, 0) is 0 Å². The van der Waals surface area contributed by atoms with Crippen LogP contribution < -0.4 is 0 Å². The molecule has 0 aliphatic rings. The van der Waals surface area contributed by atoms with Gasteiger partial charge in [0.25, 0.3) is 0 Å². The fraction of sp³-hybridized carbons (Fsp3) is 0. The van der Waals surface area contributed by atoms with Gasteiger partial charge in [0.2, 0.25) is 0 Å². The second kappa shape index (κ2) is 11.6. The summed E-state index contributed by atoms with van der Waals surface area (Å²) in [4.78, 5) is 0. The first-order chi connectivity index (χ1) is 26.8. The predicted octanol–water partition coefficient (Wildman–Crippen LogP) is 16.0. The summed E-state index contributed by atoms with van der Waals surface area (Å²) in [5.41, 5.74) is 7.57. The van der Waals surface area contributed by atoms with E-state index in [1.165, 1.54) is 117 Å². The van der Waals surface area contributed by atoms with Crippen LogP contribution in [0.2, 0.25) is 0 Å². The lowest BCUT2D eigenvalue weighted by Gasteiger charge is -2.18. The highest BCUT2D eigenvalue weighted by molar-refractivity contribution is 7.30. The molecule has 0 fully saturated rings. The number of rotatable bonds is 3. The van der Waals surface area contributed by atoms with Crippen molar-refractivity contribution < 1.29 is 0 Å². The molecule has 0 aliphatic heterocycles. The van der Waals surface area contributed by atoms with Gasteiger partial charge in [-0.15, -0.1) is 22.7 Å². The van der Waals surface area contributed by atoms with Crippen LogP contribution in [0.5, 0.6) is 0 Å². The monoisotopic (exact) mass is 718 g/mol. The third kappa shape index (κ3) is 4.36. The average Bonchev–Trinajstić information content (AvgIpc) is 3.82. The second-order valence-electron chi connectivity index (χ2n) is 14.3. The first kappa shape index (κ1) is 30.2. The summed E-state index contributed by atoms with van der Waals surface area (Å²) in [6.07, 6.45) is 0. The maximum Gasteiger partial charge on any atom is 0.0455 e. The molecule has 2 aromatic heterocycles. The minimum Gasteiger partial charge on any atom is -0.134 e. The van der Waals surface area contributed by atoms with Gasteiger partial charge in [0.15, 0.2) is 0 Å². The summed E-state index contributed by atoms with van der Waals surface area (Å²) in [6, 6.07) is 67.7. The van der Waals surface area contributed by atoms with Gasteiger partial charge < -0.3 is 0 Å². The van der Waals surface area contributed by atoms with E-state index in [1.54, 1.807) is 0 Å². The van der Waals surface area contributed by atoms with Gasteiger partial charge >= 0.3 is 0 Å². The SMILES string of the molecule is c1ccc(-c2ccc3cc(-c4c5ccccc5c(-c5ccc6sc7c(c6c5)c5ccccc5c5sc6ccccc6c57)c5ccccc45)ccc3c2)cc1. The summed E-state index contributed by atoms with van der Waals surface area (Å²) in [5, 5.41) is 15.8. The minimum atomic E-state index is 1.24. The van der Waals surface area contributed by atoms with Crippen LogP contribution in [0.4, 0.5) is 0 Å². The number of hydrogen-bond acceptors (Lipinski definition) is 2. The summed E-state index contributed by atoms with van der Waals surface area (Å²) in [5.74, 6) is 0. The molecular formula is C52H30S2. The summed E-state index contributed by atoms with van der Waals surface area (Å²) < 4.78 is 5.47. The average molecular weight is 719 g/mol. The van der Waals surface area contributed by atoms with Crippen LogP contribution in [0.25, 0.3) is 117 Å². The van der Waals surface area contributed by atoms with Crippen molar-refractivity contribution in [3.05, 3.63) is 182 Å². The van der Waals surface area contributed by atoms with Gasteiger partial charge in [0.1, 0.15) is 0 Å². The van der Waals surface area contributed by atoms with Gasteiger partial charge in [-0.2, -0.15) is 0 Å². The van der Waals surface area contributed by atoms with E-state index in [9.17, 15) is 0 Å². The zero-order valence-electron chi connectivity index (χ0n) is 29.1. The van der Waals surface area contributed by atoms with E-state index in [-0.39, 0.29) is 0 Å². The zero-order chi connectivity index (χ0) is 35.3. The topological polar surface area (TPSA) is 0 Å². The molecule has 10 aromatic carbocycles. The molecule has 2 heteroatoms. The minimum absolute atomic E-state index is 1.24. The maximum atomic E-state index is 2.48. The van der Waals surface area contributed by atoms with Crippen LogP contribution in [0.15, 0.2) is 182 Å². The Morgan fingerprint density at radius 1 is 0.259 bits per heavy atom. The van der Waals surface area contributed by atoms with E-state index >= 15 is 0 Å². The molecule has 0 saturated heterocycles.